The molecule has 98 valence electrons. The minimum atomic E-state index is 0.0587. The molecule has 3 heteroatoms. The lowest BCUT2D eigenvalue weighted by atomic mass is 9.83. The molecule has 0 bridgehead atoms. The van der Waals surface area contributed by atoms with Crippen molar-refractivity contribution >= 4 is 0 Å². The molecule has 0 saturated carbocycles. The molecule has 17 heavy (non-hydrogen) atoms. The highest BCUT2D eigenvalue weighted by molar-refractivity contribution is 5.03. The fraction of sp³-hybridized carbons (Fsp3) is 0.929. The number of likely N-dealkylation sites (tertiary alicyclic amines) is 1. The Bertz CT molecular complexity index is 268. The van der Waals surface area contributed by atoms with Crippen LogP contribution >= 0.6 is 0 Å². The number of hydrogen-bond donors (Lipinski definition) is 0. The SMILES string of the molecule is CC.CC1CCN(C2(CC#N)COC2)CC1C. The van der Waals surface area contributed by atoms with Crippen LogP contribution in [0, 0.1) is 23.2 Å². The summed E-state index contributed by atoms with van der Waals surface area (Å²) < 4.78 is 5.31. The maximum atomic E-state index is 8.88. The van der Waals surface area contributed by atoms with Crippen LogP contribution in [0.1, 0.15) is 40.5 Å². The van der Waals surface area contributed by atoms with E-state index in [1.807, 2.05) is 13.8 Å². The van der Waals surface area contributed by atoms with Crippen molar-refractivity contribution in [3.63, 3.8) is 0 Å². The Hall–Kier alpha value is -0.590. The number of ether oxygens (including phenoxy) is 1. The molecule has 2 fully saturated rings. The molecule has 2 aliphatic heterocycles. The lowest BCUT2D eigenvalue weighted by Gasteiger charge is -2.52. The molecule has 0 spiro atoms. The summed E-state index contributed by atoms with van der Waals surface area (Å²) in [5, 5.41) is 8.88. The van der Waals surface area contributed by atoms with Crippen LogP contribution in [-0.4, -0.2) is 36.7 Å². The van der Waals surface area contributed by atoms with Gasteiger partial charge in [0.25, 0.3) is 0 Å². The molecule has 2 saturated heterocycles. The van der Waals surface area contributed by atoms with E-state index in [0.717, 1.165) is 38.1 Å². The van der Waals surface area contributed by atoms with Gasteiger partial charge in [0.15, 0.2) is 0 Å². The molecule has 0 amide bonds. The maximum Gasteiger partial charge on any atom is 0.0809 e. The van der Waals surface area contributed by atoms with E-state index in [-0.39, 0.29) is 5.54 Å². The highest BCUT2D eigenvalue weighted by atomic mass is 16.5. The first-order valence-corrected chi connectivity index (χ1v) is 6.88. The van der Waals surface area contributed by atoms with E-state index in [0.29, 0.717) is 6.42 Å². The van der Waals surface area contributed by atoms with Crippen LogP contribution in [0.3, 0.4) is 0 Å². The van der Waals surface area contributed by atoms with E-state index in [1.54, 1.807) is 0 Å². The fourth-order valence-electron chi connectivity index (χ4n) is 2.57. The number of nitriles is 1. The first kappa shape index (κ1) is 14.5. The van der Waals surface area contributed by atoms with Gasteiger partial charge in [0.1, 0.15) is 0 Å². The van der Waals surface area contributed by atoms with Crippen molar-refractivity contribution < 1.29 is 4.74 Å². The molecular weight excluding hydrogens is 212 g/mol. The fourth-order valence-corrected chi connectivity index (χ4v) is 2.57. The molecule has 0 N–H and O–H groups in total. The van der Waals surface area contributed by atoms with E-state index in [4.69, 9.17) is 10.00 Å². The van der Waals surface area contributed by atoms with Crippen LogP contribution in [0.15, 0.2) is 0 Å². The molecule has 0 aromatic carbocycles. The van der Waals surface area contributed by atoms with Gasteiger partial charge in [-0.05, 0) is 24.8 Å². The van der Waals surface area contributed by atoms with Crippen molar-refractivity contribution in [3.05, 3.63) is 0 Å². The Labute approximate surface area is 106 Å². The molecule has 2 rings (SSSR count). The summed E-state index contributed by atoms with van der Waals surface area (Å²) in [4.78, 5) is 2.49. The maximum absolute atomic E-state index is 8.88. The molecule has 0 aromatic heterocycles. The molecule has 0 aliphatic carbocycles. The van der Waals surface area contributed by atoms with Gasteiger partial charge < -0.3 is 4.74 Å². The summed E-state index contributed by atoms with van der Waals surface area (Å²) in [6, 6.07) is 2.31. The van der Waals surface area contributed by atoms with Gasteiger partial charge in [-0.3, -0.25) is 4.90 Å². The van der Waals surface area contributed by atoms with Crippen molar-refractivity contribution in [2.75, 3.05) is 26.3 Å². The first-order chi connectivity index (χ1) is 8.18. The van der Waals surface area contributed by atoms with Gasteiger partial charge in [0.2, 0.25) is 0 Å². The molecule has 3 nitrogen and oxygen atoms in total. The normalized spacial score (nSPS) is 31.7. The minimum absolute atomic E-state index is 0.0587. The van der Waals surface area contributed by atoms with Gasteiger partial charge in [0, 0.05) is 6.54 Å². The minimum Gasteiger partial charge on any atom is -0.377 e. The summed E-state index contributed by atoms with van der Waals surface area (Å²) in [5.41, 5.74) is 0.0587. The Balaban J connectivity index is 0.000000686. The van der Waals surface area contributed by atoms with Gasteiger partial charge in [-0.2, -0.15) is 5.26 Å². The second-order valence-corrected chi connectivity index (χ2v) is 5.24. The van der Waals surface area contributed by atoms with Crippen LogP contribution in [0.2, 0.25) is 0 Å². The summed E-state index contributed by atoms with van der Waals surface area (Å²) in [6.07, 6.45) is 1.88. The second kappa shape index (κ2) is 6.37. The summed E-state index contributed by atoms with van der Waals surface area (Å²) in [5.74, 6) is 1.57. The summed E-state index contributed by atoms with van der Waals surface area (Å²) >= 11 is 0. The molecule has 0 aromatic rings. The molecule has 2 heterocycles. The molecule has 2 atom stereocenters. The van der Waals surface area contributed by atoms with Crippen LogP contribution in [0.4, 0.5) is 0 Å². The third kappa shape index (κ3) is 3.00. The van der Waals surface area contributed by atoms with Crippen LogP contribution < -0.4 is 0 Å². The smallest absolute Gasteiger partial charge is 0.0809 e. The summed E-state index contributed by atoms with van der Waals surface area (Å²) in [7, 11) is 0. The number of rotatable bonds is 2. The summed E-state index contributed by atoms with van der Waals surface area (Å²) in [6.45, 7) is 12.4. The van der Waals surface area contributed by atoms with Crippen molar-refractivity contribution in [3.8, 4) is 6.07 Å². The highest BCUT2D eigenvalue weighted by Crippen LogP contribution is 2.34. The lowest BCUT2D eigenvalue weighted by molar-refractivity contribution is -0.150. The van der Waals surface area contributed by atoms with Gasteiger partial charge in [0.05, 0.1) is 31.2 Å². The Morgan fingerprint density at radius 3 is 2.35 bits per heavy atom. The number of piperidine rings is 1. The van der Waals surface area contributed by atoms with Crippen LogP contribution in [-0.2, 0) is 4.74 Å². The van der Waals surface area contributed by atoms with E-state index < -0.39 is 0 Å². The number of nitrogens with zero attached hydrogens (tertiary/aromatic N) is 2. The average Bonchev–Trinajstić information content (AvgIpc) is 2.30. The van der Waals surface area contributed by atoms with Crippen LogP contribution in [0.5, 0.6) is 0 Å². The Morgan fingerprint density at radius 1 is 1.29 bits per heavy atom. The standard InChI is InChI=1S/C12H20N2O.C2H6/c1-10-3-6-14(7-11(10)2)12(4-5-13)8-15-9-12;1-2/h10-11H,3-4,6-9H2,1-2H3;1-2H3. The van der Waals surface area contributed by atoms with Gasteiger partial charge in [-0.15, -0.1) is 0 Å². The third-order valence-corrected chi connectivity index (χ3v) is 4.15. The zero-order chi connectivity index (χ0) is 12.9. The van der Waals surface area contributed by atoms with E-state index in [2.05, 4.69) is 24.8 Å². The third-order valence-electron chi connectivity index (χ3n) is 4.15. The number of hydrogen-bond acceptors (Lipinski definition) is 3. The highest BCUT2D eigenvalue weighted by Gasteiger charge is 2.45. The van der Waals surface area contributed by atoms with E-state index in [9.17, 15) is 0 Å². The predicted octanol–water partition coefficient (Wildman–Crippen LogP) is 2.67. The van der Waals surface area contributed by atoms with Crippen molar-refractivity contribution in [2.24, 2.45) is 11.8 Å². The van der Waals surface area contributed by atoms with Gasteiger partial charge in [-0.25, -0.2) is 0 Å². The zero-order valence-corrected chi connectivity index (χ0v) is 11.7. The molecule has 2 aliphatic rings. The van der Waals surface area contributed by atoms with Gasteiger partial charge in [-0.1, -0.05) is 27.7 Å². The predicted molar refractivity (Wildman–Crippen MR) is 69.6 cm³/mol. The largest absolute Gasteiger partial charge is 0.377 e. The average molecular weight is 238 g/mol. The van der Waals surface area contributed by atoms with Crippen LogP contribution in [0.25, 0.3) is 0 Å². The van der Waals surface area contributed by atoms with Crippen molar-refractivity contribution in [1.29, 1.82) is 5.26 Å². The molecule has 0 radical (unpaired) electrons. The van der Waals surface area contributed by atoms with Gasteiger partial charge >= 0.3 is 0 Å². The molecule has 2 unspecified atom stereocenters. The Morgan fingerprint density at radius 2 is 1.94 bits per heavy atom. The zero-order valence-electron chi connectivity index (χ0n) is 11.7. The van der Waals surface area contributed by atoms with Crippen molar-refractivity contribution in [1.82, 2.24) is 4.90 Å². The lowest BCUT2D eigenvalue weighted by Crippen LogP contribution is -2.64. The second-order valence-electron chi connectivity index (χ2n) is 5.24. The van der Waals surface area contributed by atoms with E-state index >= 15 is 0 Å². The Kier molecular flexibility index (Phi) is 5.42. The van der Waals surface area contributed by atoms with Crippen molar-refractivity contribution in [2.45, 2.75) is 46.1 Å². The quantitative estimate of drug-likeness (QED) is 0.742. The first-order valence-electron chi connectivity index (χ1n) is 6.88. The van der Waals surface area contributed by atoms with E-state index in [1.165, 1.54) is 6.42 Å². The molecular formula is C14H26N2O. The monoisotopic (exact) mass is 238 g/mol. The topological polar surface area (TPSA) is 36.3 Å².